The molecule has 5 nitrogen and oxygen atoms in total. The van der Waals surface area contributed by atoms with Crippen LogP contribution in [-0.4, -0.2) is 19.9 Å². The summed E-state index contributed by atoms with van der Waals surface area (Å²) in [5, 5.41) is 0. The topological polar surface area (TPSA) is 77.6 Å². The summed E-state index contributed by atoms with van der Waals surface area (Å²) < 4.78 is 0. The first-order chi connectivity index (χ1) is 6.31. The SMILES string of the molecule is Nc1ncnc2ncc(CCl)nc12. The maximum absolute atomic E-state index is 5.60. The molecule has 2 rings (SSSR count). The van der Waals surface area contributed by atoms with Crippen LogP contribution in [0.3, 0.4) is 0 Å². The number of nitrogens with zero attached hydrogens (tertiary/aromatic N) is 4. The zero-order valence-electron chi connectivity index (χ0n) is 6.61. The first-order valence-electron chi connectivity index (χ1n) is 3.59. The third-order valence-electron chi connectivity index (χ3n) is 1.56. The van der Waals surface area contributed by atoms with Crippen molar-refractivity contribution in [1.82, 2.24) is 19.9 Å². The summed E-state index contributed by atoms with van der Waals surface area (Å²) >= 11 is 5.60. The number of hydrogen-bond acceptors (Lipinski definition) is 5. The van der Waals surface area contributed by atoms with E-state index in [9.17, 15) is 0 Å². The molecule has 0 aliphatic carbocycles. The average molecular weight is 196 g/mol. The van der Waals surface area contributed by atoms with Gasteiger partial charge in [-0.2, -0.15) is 0 Å². The van der Waals surface area contributed by atoms with Crippen LogP contribution in [0.1, 0.15) is 5.69 Å². The Labute approximate surface area is 79.0 Å². The van der Waals surface area contributed by atoms with Crippen LogP contribution in [0.25, 0.3) is 11.2 Å². The number of nitrogen functional groups attached to an aromatic ring is 1. The normalized spacial score (nSPS) is 10.5. The second-order valence-electron chi connectivity index (χ2n) is 2.43. The van der Waals surface area contributed by atoms with Crippen molar-refractivity contribution in [3.05, 3.63) is 18.2 Å². The molecule has 0 aromatic carbocycles. The van der Waals surface area contributed by atoms with Gasteiger partial charge in [0.05, 0.1) is 17.8 Å². The third kappa shape index (κ3) is 1.38. The number of aromatic nitrogens is 4. The van der Waals surface area contributed by atoms with Gasteiger partial charge in [-0.05, 0) is 0 Å². The minimum Gasteiger partial charge on any atom is -0.382 e. The molecule has 66 valence electrons. The quantitative estimate of drug-likeness (QED) is 0.680. The third-order valence-corrected chi connectivity index (χ3v) is 1.83. The zero-order chi connectivity index (χ0) is 9.26. The molecular formula is C7H6ClN5. The maximum atomic E-state index is 5.60. The van der Waals surface area contributed by atoms with E-state index < -0.39 is 0 Å². The molecule has 0 aliphatic rings. The highest BCUT2D eigenvalue weighted by atomic mass is 35.5. The molecule has 0 fully saturated rings. The van der Waals surface area contributed by atoms with Gasteiger partial charge in [-0.15, -0.1) is 11.6 Å². The standard InChI is InChI=1S/C7H6ClN5/c8-1-4-2-10-7-5(13-4)6(9)11-3-12-7/h2-3H,1H2,(H2,9,10,11,12). The molecular weight excluding hydrogens is 190 g/mol. The summed E-state index contributed by atoms with van der Waals surface area (Å²) in [6, 6.07) is 0. The van der Waals surface area contributed by atoms with E-state index in [2.05, 4.69) is 19.9 Å². The van der Waals surface area contributed by atoms with Crippen LogP contribution < -0.4 is 5.73 Å². The monoisotopic (exact) mass is 195 g/mol. The molecule has 2 aromatic rings. The second-order valence-corrected chi connectivity index (χ2v) is 2.69. The van der Waals surface area contributed by atoms with Crippen molar-refractivity contribution in [2.75, 3.05) is 5.73 Å². The lowest BCUT2D eigenvalue weighted by Gasteiger charge is -1.99. The van der Waals surface area contributed by atoms with E-state index in [0.29, 0.717) is 28.6 Å². The second kappa shape index (κ2) is 3.10. The summed E-state index contributed by atoms with van der Waals surface area (Å²) in [4.78, 5) is 15.9. The van der Waals surface area contributed by atoms with Crippen molar-refractivity contribution in [3.8, 4) is 0 Å². The molecule has 0 saturated heterocycles. The Kier molecular flexibility index (Phi) is 1.94. The number of alkyl halides is 1. The first kappa shape index (κ1) is 8.12. The molecule has 0 saturated carbocycles. The lowest BCUT2D eigenvalue weighted by Crippen LogP contribution is -1.98. The van der Waals surface area contributed by atoms with Crippen LogP contribution in [-0.2, 0) is 5.88 Å². The van der Waals surface area contributed by atoms with Gasteiger partial charge < -0.3 is 5.73 Å². The van der Waals surface area contributed by atoms with Gasteiger partial charge in [0, 0.05) is 0 Å². The Morgan fingerprint density at radius 1 is 1.31 bits per heavy atom. The summed E-state index contributed by atoms with van der Waals surface area (Å²) in [6.07, 6.45) is 2.93. The number of anilines is 1. The van der Waals surface area contributed by atoms with E-state index in [4.69, 9.17) is 17.3 Å². The Morgan fingerprint density at radius 2 is 2.15 bits per heavy atom. The summed E-state index contributed by atoms with van der Waals surface area (Å²) in [6.45, 7) is 0. The Balaban J connectivity index is 2.74. The number of rotatable bonds is 1. The Bertz CT molecular complexity index is 444. The molecule has 0 aliphatic heterocycles. The summed E-state index contributed by atoms with van der Waals surface area (Å²) in [5.74, 6) is 0.626. The maximum Gasteiger partial charge on any atom is 0.183 e. The lowest BCUT2D eigenvalue weighted by atomic mass is 10.4. The molecule has 2 N–H and O–H groups in total. The van der Waals surface area contributed by atoms with Crippen LogP contribution in [0.2, 0.25) is 0 Å². The number of fused-ring (bicyclic) bond motifs is 1. The molecule has 0 bridgehead atoms. The molecule has 0 unspecified atom stereocenters. The van der Waals surface area contributed by atoms with Crippen LogP contribution in [0.15, 0.2) is 12.5 Å². The Hall–Kier alpha value is -1.49. The molecule has 2 heterocycles. The van der Waals surface area contributed by atoms with Gasteiger partial charge in [0.25, 0.3) is 0 Å². The van der Waals surface area contributed by atoms with Crippen LogP contribution in [0.5, 0.6) is 0 Å². The van der Waals surface area contributed by atoms with Gasteiger partial charge in [-0.1, -0.05) is 0 Å². The van der Waals surface area contributed by atoms with E-state index in [1.54, 1.807) is 6.20 Å². The van der Waals surface area contributed by atoms with E-state index >= 15 is 0 Å². The zero-order valence-corrected chi connectivity index (χ0v) is 7.36. The van der Waals surface area contributed by atoms with Gasteiger partial charge in [0.1, 0.15) is 6.33 Å². The van der Waals surface area contributed by atoms with Crippen molar-refractivity contribution in [2.45, 2.75) is 5.88 Å². The predicted octanol–water partition coefficient (Wildman–Crippen LogP) is 0.741. The van der Waals surface area contributed by atoms with E-state index in [1.165, 1.54) is 6.33 Å². The van der Waals surface area contributed by atoms with Gasteiger partial charge in [0.15, 0.2) is 17.0 Å². The van der Waals surface area contributed by atoms with Gasteiger partial charge in [-0.3, -0.25) is 0 Å². The largest absolute Gasteiger partial charge is 0.382 e. The van der Waals surface area contributed by atoms with Crippen molar-refractivity contribution < 1.29 is 0 Å². The molecule has 0 radical (unpaired) electrons. The highest BCUT2D eigenvalue weighted by Gasteiger charge is 2.03. The van der Waals surface area contributed by atoms with Crippen LogP contribution >= 0.6 is 11.6 Å². The fraction of sp³-hybridized carbons (Fsp3) is 0.143. The average Bonchev–Trinajstić information content (AvgIpc) is 2.18. The van der Waals surface area contributed by atoms with Crippen molar-refractivity contribution >= 4 is 28.6 Å². The number of halogens is 1. The van der Waals surface area contributed by atoms with Crippen molar-refractivity contribution in [2.24, 2.45) is 0 Å². The number of nitrogens with two attached hydrogens (primary N) is 1. The summed E-state index contributed by atoms with van der Waals surface area (Å²) in [7, 11) is 0. The predicted molar refractivity (Wildman–Crippen MR) is 49.1 cm³/mol. The van der Waals surface area contributed by atoms with Crippen molar-refractivity contribution in [3.63, 3.8) is 0 Å². The minimum atomic E-state index is 0.303. The Morgan fingerprint density at radius 3 is 2.92 bits per heavy atom. The van der Waals surface area contributed by atoms with Gasteiger partial charge in [-0.25, -0.2) is 19.9 Å². The summed E-state index contributed by atoms with van der Waals surface area (Å²) in [5.41, 5.74) is 7.23. The van der Waals surface area contributed by atoms with Crippen molar-refractivity contribution in [1.29, 1.82) is 0 Å². The van der Waals surface area contributed by atoms with Gasteiger partial charge >= 0.3 is 0 Å². The lowest BCUT2D eigenvalue weighted by molar-refractivity contribution is 1.10. The highest BCUT2D eigenvalue weighted by molar-refractivity contribution is 6.16. The number of hydrogen-bond donors (Lipinski definition) is 1. The molecule has 0 atom stereocenters. The van der Waals surface area contributed by atoms with Gasteiger partial charge in [0.2, 0.25) is 0 Å². The van der Waals surface area contributed by atoms with Crippen LogP contribution in [0.4, 0.5) is 5.82 Å². The van der Waals surface area contributed by atoms with E-state index in [1.807, 2.05) is 0 Å². The first-order valence-corrected chi connectivity index (χ1v) is 4.13. The van der Waals surface area contributed by atoms with Crippen LogP contribution in [0, 0.1) is 0 Å². The highest BCUT2D eigenvalue weighted by Crippen LogP contribution is 2.12. The molecule has 2 aromatic heterocycles. The molecule has 0 amide bonds. The van der Waals surface area contributed by atoms with E-state index in [0.717, 1.165) is 0 Å². The smallest absolute Gasteiger partial charge is 0.183 e. The van der Waals surface area contributed by atoms with E-state index in [-0.39, 0.29) is 0 Å². The fourth-order valence-corrected chi connectivity index (χ4v) is 1.09. The molecule has 6 heteroatoms. The molecule has 0 spiro atoms. The minimum absolute atomic E-state index is 0.303. The fourth-order valence-electron chi connectivity index (χ4n) is 0.957. The molecule has 13 heavy (non-hydrogen) atoms.